The smallest absolute Gasteiger partial charge is 0.243 e. The Kier molecular flexibility index (Phi) is 3.07. The zero-order chi connectivity index (χ0) is 11.7. The van der Waals surface area contributed by atoms with Gasteiger partial charge in [0.15, 0.2) is 5.13 Å². The molecule has 0 aliphatic carbocycles. The van der Waals surface area contributed by atoms with Crippen molar-refractivity contribution in [3.8, 4) is 0 Å². The van der Waals surface area contributed by atoms with Crippen molar-refractivity contribution in [3.05, 3.63) is 24.0 Å². The minimum Gasteiger partial charge on any atom is -0.301 e. The van der Waals surface area contributed by atoms with Crippen molar-refractivity contribution >= 4 is 44.2 Å². The van der Waals surface area contributed by atoms with Crippen LogP contribution in [-0.2, 0) is 4.79 Å². The molecule has 2 aromatic rings. The first-order valence-electron chi connectivity index (χ1n) is 4.58. The Labute approximate surface area is 100 Å². The predicted molar refractivity (Wildman–Crippen MR) is 63.5 cm³/mol. The molecule has 0 fully saturated rings. The zero-order valence-electron chi connectivity index (χ0n) is 8.33. The molecular formula is C10H8ClFN2OS. The van der Waals surface area contributed by atoms with Crippen molar-refractivity contribution in [3.63, 3.8) is 0 Å². The summed E-state index contributed by atoms with van der Waals surface area (Å²) >= 11 is 6.81. The van der Waals surface area contributed by atoms with Gasteiger partial charge in [0.25, 0.3) is 0 Å². The molecule has 1 heterocycles. The highest BCUT2D eigenvalue weighted by Gasteiger charge is 2.13. The number of carbonyl (C=O) groups is 1. The fourth-order valence-electron chi connectivity index (χ4n) is 1.17. The number of fused-ring (bicyclic) bond motifs is 1. The topological polar surface area (TPSA) is 42.0 Å². The molecule has 2 rings (SSSR count). The van der Waals surface area contributed by atoms with Crippen LogP contribution in [0.2, 0.25) is 0 Å². The predicted octanol–water partition coefficient (Wildman–Crippen LogP) is 3.00. The highest BCUT2D eigenvalue weighted by Crippen LogP contribution is 2.27. The van der Waals surface area contributed by atoms with E-state index in [2.05, 4.69) is 10.3 Å². The molecule has 0 saturated heterocycles. The molecule has 1 unspecified atom stereocenters. The van der Waals surface area contributed by atoms with Gasteiger partial charge in [0, 0.05) is 0 Å². The minimum absolute atomic E-state index is 0.269. The minimum atomic E-state index is -0.642. The number of nitrogens with zero attached hydrogens (tertiary/aromatic N) is 1. The third kappa shape index (κ3) is 2.15. The first kappa shape index (κ1) is 11.3. The quantitative estimate of drug-likeness (QED) is 0.842. The molecule has 0 aliphatic rings. The summed E-state index contributed by atoms with van der Waals surface area (Å²) in [6.45, 7) is 1.56. The number of hydrogen-bond donors (Lipinski definition) is 1. The Morgan fingerprint density at radius 1 is 1.62 bits per heavy atom. The lowest BCUT2D eigenvalue weighted by Gasteiger charge is -2.01. The maximum atomic E-state index is 13.3. The lowest BCUT2D eigenvalue weighted by atomic mass is 10.3. The molecule has 0 saturated carbocycles. The standard InChI is InChI=1S/C10H8ClFN2OS/c1-5(11)9(15)14-10-13-8-6(12)3-2-4-7(8)16-10/h2-5H,1H3,(H,13,14,15). The molecule has 16 heavy (non-hydrogen) atoms. The molecule has 1 aromatic heterocycles. The summed E-state index contributed by atoms with van der Waals surface area (Å²) in [4.78, 5) is 15.3. The van der Waals surface area contributed by atoms with Crippen LogP contribution < -0.4 is 5.32 Å². The van der Waals surface area contributed by atoms with Crippen LogP contribution in [0.5, 0.6) is 0 Å². The van der Waals surface area contributed by atoms with Gasteiger partial charge >= 0.3 is 0 Å². The van der Waals surface area contributed by atoms with Crippen molar-refractivity contribution in [2.45, 2.75) is 12.3 Å². The summed E-state index contributed by atoms with van der Waals surface area (Å²) in [6, 6.07) is 4.68. The van der Waals surface area contributed by atoms with Crippen LogP contribution in [-0.4, -0.2) is 16.3 Å². The Morgan fingerprint density at radius 3 is 3.00 bits per heavy atom. The molecule has 0 radical (unpaired) electrons. The monoisotopic (exact) mass is 258 g/mol. The number of alkyl halides is 1. The number of nitrogens with one attached hydrogen (secondary N) is 1. The first-order valence-corrected chi connectivity index (χ1v) is 5.83. The van der Waals surface area contributed by atoms with E-state index in [9.17, 15) is 9.18 Å². The van der Waals surface area contributed by atoms with E-state index in [1.807, 2.05) is 0 Å². The summed E-state index contributed by atoms with van der Waals surface area (Å²) in [7, 11) is 0. The van der Waals surface area contributed by atoms with Gasteiger partial charge in [0.2, 0.25) is 5.91 Å². The summed E-state index contributed by atoms with van der Waals surface area (Å²) in [5.74, 6) is -0.741. The van der Waals surface area contributed by atoms with Crippen molar-refractivity contribution in [2.75, 3.05) is 5.32 Å². The Balaban J connectivity index is 2.33. The van der Waals surface area contributed by atoms with E-state index in [1.54, 1.807) is 19.1 Å². The molecule has 1 N–H and O–H groups in total. The van der Waals surface area contributed by atoms with Gasteiger partial charge in [-0.2, -0.15) is 0 Å². The summed E-state index contributed by atoms with van der Waals surface area (Å²) in [5, 5.41) is 2.24. The third-order valence-electron chi connectivity index (χ3n) is 1.96. The van der Waals surface area contributed by atoms with Gasteiger partial charge in [-0.25, -0.2) is 9.37 Å². The zero-order valence-corrected chi connectivity index (χ0v) is 9.90. The third-order valence-corrected chi connectivity index (χ3v) is 3.10. The fourth-order valence-corrected chi connectivity index (χ4v) is 2.11. The lowest BCUT2D eigenvalue weighted by Crippen LogP contribution is -2.20. The molecule has 1 atom stereocenters. The maximum absolute atomic E-state index is 13.3. The Bertz CT molecular complexity index is 541. The molecule has 1 amide bonds. The average molecular weight is 259 g/mol. The van der Waals surface area contributed by atoms with E-state index in [1.165, 1.54) is 17.4 Å². The van der Waals surface area contributed by atoms with Gasteiger partial charge in [-0.3, -0.25) is 4.79 Å². The van der Waals surface area contributed by atoms with E-state index >= 15 is 0 Å². The van der Waals surface area contributed by atoms with Crippen LogP contribution in [0, 0.1) is 5.82 Å². The van der Waals surface area contributed by atoms with Crippen molar-refractivity contribution in [2.24, 2.45) is 0 Å². The molecule has 0 bridgehead atoms. The van der Waals surface area contributed by atoms with Crippen LogP contribution >= 0.6 is 22.9 Å². The number of para-hydroxylation sites is 1. The van der Waals surface area contributed by atoms with Gasteiger partial charge in [-0.05, 0) is 19.1 Å². The number of hydrogen-bond acceptors (Lipinski definition) is 3. The molecule has 3 nitrogen and oxygen atoms in total. The van der Waals surface area contributed by atoms with Crippen LogP contribution in [0.3, 0.4) is 0 Å². The number of aromatic nitrogens is 1. The number of benzene rings is 1. The van der Waals surface area contributed by atoms with E-state index < -0.39 is 11.2 Å². The van der Waals surface area contributed by atoms with E-state index in [4.69, 9.17) is 11.6 Å². The fraction of sp³-hybridized carbons (Fsp3) is 0.200. The maximum Gasteiger partial charge on any atom is 0.243 e. The number of thiazole rings is 1. The number of amides is 1. The van der Waals surface area contributed by atoms with Crippen LogP contribution in [0.4, 0.5) is 9.52 Å². The van der Waals surface area contributed by atoms with Crippen molar-refractivity contribution in [1.29, 1.82) is 0 Å². The Hall–Kier alpha value is -1.20. The Morgan fingerprint density at radius 2 is 2.38 bits per heavy atom. The van der Waals surface area contributed by atoms with Crippen LogP contribution in [0.1, 0.15) is 6.92 Å². The molecule has 1 aromatic carbocycles. The van der Waals surface area contributed by atoms with E-state index in [0.717, 1.165) is 0 Å². The largest absolute Gasteiger partial charge is 0.301 e. The number of halogens is 2. The lowest BCUT2D eigenvalue weighted by molar-refractivity contribution is -0.115. The van der Waals surface area contributed by atoms with Crippen molar-refractivity contribution < 1.29 is 9.18 Å². The van der Waals surface area contributed by atoms with Gasteiger partial charge < -0.3 is 5.32 Å². The van der Waals surface area contributed by atoms with E-state index in [-0.39, 0.29) is 11.4 Å². The van der Waals surface area contributed by atoms with Gasteiger partial charge in [0.05, 0.1) is 4.70 Å². The molecule has 0 aliphatic heterocycles. The normalized spacial score (nSPS) is 12.7. The molecule has 0 spiro atoms. The molecule has 6 heteroatoms. The van der Waals surface area contributed by atoms with Crippen molar-refractivity contribution in [1.82, 2.24) is 4.98 Å². The van der Waals surface area contributed by atoms with Crippen LogP contribution in [0.15, 0.2) is 18.2 Å². The SMILES string of the molecule is CC(Cl)C(=O)Nc1nc2c(F)cccc2s1. The summed E-state index contributed by atoms with van der Waals surface area (Å²) in [5.41, 5.74) is 0.269. The second-order valence-corrected chi connectivity index (χ2v) is 4.90. The molecule has 84 valence electrons. The summed E-state index contributed by atoms with van der Waals surface area (Å²) < 4.78 is 14.0. The number of carbonyl (C=O) groups excluding carboxylic acids is 1. The number of anilines is 1. The average Bonchev–Trinajstić information content (AvgIpc) is 2.61. The van der Waals surface area contributed by atoms with Gasteiger partial charge in [-0.1, -0.05) is 17.4 Å². The molecular weight excluding hydrogens is 251 g/mol. The van der Waals surface area contributed by atoms with E-state index in [0.29, 0.717) is 9.83 Å². The summed E-state index contributed by atoms with van der Waals surface area (Å²) in [6.07, 6.45) is 0. The van der Waals surface area contributed by atoms with Gasteiger partial charge in [0.1, 0.15) is 16.7 Å². The second-order valence-electron chi connectivity index (χ2n) is 3.21. The first-order chi connectivity index (χ1) is 7.58. The highest BCUT2D eigenvalue weighted by atomic mass is 35.5. The number of rotatable bonds is 2. The highest BCUT2D eigenvalue weighted by molar-refractivity contribution is 7.22. The second kappa shape index (κ2) is 4.35. The van der Waals surface area contributed by atoms with Crippen LogP contribution in [0.25, 0.3) is 10.2 Å². The van der Waals surface area contributed by atoms with Gasteiger partial charge in [-0.15, -0.1) is 11.6 Å².